The van der Waals surface area contributed by atoms with Gasteiger partial charge in [-0.1, -0.05) is 23.2 Å². The van der Waals surface area contributed by atoms with Gasteiger partial charge in [-0.2, -0.15) is 9.50 Å². The summed E-state index contributed by atoms with van der Waals surface area (Å²) in [5, 5.41) is 10.8. The molecule has 3 rings (SSSR count). The Morgan fingerprint density at radius 2 is 1.85 bits per heavy atom. The van der Waals surface area contributed by atoms with E-state index in [0.717, 1.165) is 0 Å². The molecule has 5 nitrogen and oxygen atoms in total. The van der Waals surface area contributed by atoms with Gasteiger partial charge in [0, 0.05) is 29.4 Å². The molecule has 0 amide bonds. The summed E-state index contributed by atoms with van der Waals surface area (Å²) >= 11 is 11.9. The van der Waals surface area contributed by atoms with Gasteiger partial charge in [0.2, 0.25) is 5.88 Å². The summed E-state index contributed by atoms with van der Waals surface area (Å²) in [6.45, 7) is 0. The van der Waals surface area contributed by atoms with Crippen LogP contribution in [0.2, 0.25) is 10.0 Å². The zero-order valence-electron chi connectivity index (χ0n) is 10.3. The topological polar surface area (TPSA) is 59.5 Å². The van der Waals surface area contributed by atoms with Crippen LogP contribution in [0.3, 0.4) is 0 Å². The molecule has 1 aromatic carbocycles. The third-order valence-electron chi connectivity index (χ3n) is 2.97. The third kappa shape index (κ3) is 1.95. The fraction of sp³-hybridized carbons (Fsp3) is 0.0769. The van der Waals surface area contributed by atoms with Gasteiger partial charge in [-0.3, -0.25) is 9.48 Å². The average molecular weight is 310 g/mol. The molecule has 0 unspecified atom stereocenters. The number of aromatic nitrogens is 3. The van der Waals surface area contributed by atoms with Crippen molar-refractivity contribution in [3.63, 3.8) is 0 Å². The number of hydrogen-bond acceptors (Lipinski definition) is 3. The Balaban J connectivity index is 2.41. The highest BCUT2D eigenvalue weighted by molar-refractivity contribution is 6.35. The molecule has 0 aliphatic heterocycles. The molecule has 0 fully saturated rings. The van der Waals surface area contributed by atoms with Gasteiger partial charge < -0.3 is 5.11 Å². The molecule has 2 aromatic heterocycles. The Labute approximate surface area is 123 Å². The zero-order chi connectivity index (χ0) is 14.4. The average Bonchev–Trinajstić information content (AvgIpc) is 2.69. The molecular formula is C13H9Cl2N3O2. The van der Waals surface area contributed by atoms with E-state index in [1.807, 2.05) is 0 Å². The minimum absolute atomic E-state index is 0.0636. The maximum Gasteiger partial charge on any atom is 0.284 e. The van der Waals surface area contributed by atoms with Crippen molar-refractivity contribution in [3.05, 3.63) is 50.9 Å². The summed E-state index contributed by atoms with van der Waals surface area (Å²) in [4.78, 5) is 16.5. The molecule has 102 valence electrons. The van der Waals surface area contributed by atoms with Crippen LogP contribution in [0.15, 0.2) is 35.3 Å². The van der Waals surface area contributed by atoms with Crippen LogP contribution >= 0.6 is 23.2 Å². The molecule has 7 heteroatoms. The molecule has 0 spiro atoms. The molecule has 1 N–H and O–H groups in total. The number of aryl methyl sites for hydroxylation is 1. The summed E-state index contributed by atoms with van der Waals surface area (Å²) in [7, 11) is 1.71. The summed E-state index contributed by atoms with van der Waals surface area (Å²) in [6.07, 6.45) is 1.68. The summed E-state index contributed by atoms with van der Waals surface area (Å²) in [6, 6.07) is 6.30. The molecule has 0 bridgehead atoms. The molecular weight excluding hydrogens is 301 g/mol. The Kier molecular flexibility index (Phi) is 2.96. The molecule has 0 radical (unpaired) electrons. The quantitative estimate of drug-likeness (QED) is 0.752. The van der Waals surface area contributed by atoms with Crippen LogP contribution in [0.5, 0.6) is 5.88 Å². The standard InChI is InChI=1S/C13H9Cl2N3O2/c1-17-3-2-10-16-12(19)11(13(20)18(10)17)7-4-8(14)6-9(15)5-7/h2-6,19H,1H3. The second-order valence-corrected chi connectivity index (χ2v) is 5.21. The van der Waals surface area contributed by atoms with Gasteiger partial charge in [0.1, 0.15) is 5.56 Å². The summed E-state index contributed by atoms with van der Waals surface area (Å²) < 4.78 is 2.93. The van der Waals surface area contributed by atoms with Crippen LogP contribution in [0.4, 0.5) is 0 Å². The van der Waals surface area contributed by atoms with E-state index in [9.17, 15) is 9.90 Å². The van der Waals surface area contributed by atoms with E-state index in [-0.39, 0.29) is 11.4 Å². The lowest BCUT2D eigenvalue weighted by atomic mass is 10.1. The number of rotatable bonds is 1. The Hall–Kier alpha value is -1.98. The first kappa shape index (κ1) is 13.0. The van der Waals surface area contributed by atoms with Crippen molar-refractivity contribution in [2.75, 3.05) is 0 Å². The van der Waals surface area contributed by atoms with Crippen LogP contribution in [-0.4, -0.2) is 19.3 Å². The minimum Gasteiger partial charge on any atom is -0.493 e. The first-order valence-electron chi connectivity index (χ1n) is 5.71. The molecule has 0 saturated heterocycles. The van der Waals surface area contributed by atoms with Crippen LogP contribution in [0, 0.1) is 0 Å². The van der Waals surface area contributed by atoms with Crippen molar-refractivity contribution in [1.82, 2.24) is 14.2 Å². The molecule has 3 aromatic rings. The van der Waals surface area contributed by atoms with Gasteiger partial charge in [-0.25, -0.2) is 0 Å². The number of nitrogens with zero attached hydrogens (tertiary/aromatic N) is 3. The summed E-state index contributed by atoms with van der Waals surface area (Å²) in [5.74, 6) is -0.348. The smallest absolute Gasteiger partial charge is 0.284 e. The van der Waals surface area contributed by atoms with Crippen molar-refractivity contribution < 1.29 is 5.11 Å². The van der Waals surface area contributed by atoms with Crippen LogP contribution in [0.25, 0.3) is 16.8 Å². The lowest BCUT2D eigenvalue weighted by molar-refractivity contribution is 0.453. The third-order valence-corrected chi connectivity index (χ3v) is 3.41. The fourth-order valence-electron chi connectivity index (χ4n) is 2.12. The minimum atomic E-state index is -0.390. The molecule has 0 aliphatic rings. The monoisotopic (exact) mass is 309 g/mol. The fourth-order valence-corrected chi connectivity index (χ4v) is 2.65. The predicted octanol–water partition coefficient (Wildman–Crippen LogP) is 2.71. The van der Waals surface area contributed by atoms with Crippen molar-refractivity contribution in [3.8, 4) is 17.0 Å². The molecule has 2 heterocycles. The Bertz CT molecular complexity index is 863. The van der Waals surface area contributed by atoms with E-state index < -0.39 is 5.56 Å². The number of fused-ring (bicyclic) bond motifs is 1. The first-order chi connectivity index (χ1) is 9.47. The van der Waals surface area contributed by atoms with E-state index in [4.69, 9.17) is 23.2 Å². The van der Waals surface area contributed by atoms with E-state index >= 15 is 0 Å². The van der Waals surface area contributed by atoms with Crippen molar-refractivity contribution in [2.45, 2.75) is 0 Å². The normalized spacial score (nSPS) is 11.2. The summed E-state index contributed by atoms with van der Waals surface area (Å²) in [5.41, 5.74) is 0.465. The number of benzene rings is 1. The van der Waals surface area contributed by atoms with Crippen LogP contribution in [-0.2, 0) is 7.05 Å². The molecule has 0 saturated carbocycles. The zero-order valence-corrected chi connectivity index (χ0v) is 11.9. The highest BCUT2D eigenvalue weighted by Crippen LogP contribution is 2.29. The van der Waals surface area contributed by atoms with Crippen molar-refractivity contribution in [1.29, 1.82) is 0 Å². The second-order valence-electron chi connectivity index (χ2n) is 4.33. The highest BCUT2D eigenvalue weighted by Gasteiger charge is 2.16. The van der Waals surface area contributed by atoms with Gasteiger partial charge in [-0.15, -0.1) is 0 Å². The van der Waals surface area contributed by atoms with Gasteiger partial charge >= 0.3 is 0 Å². The van der Waals surface area contributed by atoms with Crippen LogP contribution < -0.4 is 5.56 Å². The first-order valence-corrected chi connectivity index (χ1v) is 6.47. The SMILES string of the molecule is Cn1ccc2nc(O)c(-c3cc(Cl)cc(Cl)c3)c(=O)n21. The number of halogens is 2. The van der Waals surface area contributed by atoms with Crippen molar-refractivity contribution in [2.24, 2.45) is 7.05 Å². The van der Waals surface area contributed by atoms with Crippen LogP contribution in [0.1, 0.15) is 0 Å². The predicted molar refractivity (Wildman–Crippen MR) is 77.6 cm³/mol. The van der Waals surface area contributed by atoms with Gasteiger partial charge in [0.15, 0.2) is 5.65 Å². The van der Waals surface area contributed by atoms with E-state index in [1.54, 1.807) is 42.2 Å². The van der Waals surface area contributed by atoms with Gasteiger partial charge in [0.05, 0.1) is 0 Å². The molecule has 0 aliphatic carbocycles. The van der Waals surface area contributed by atoms with Crippen molar-refractivity contribution >= 4 is 28.8 Å². The van der Waals surface area contributed by atoms with Gasteiger partial charge in [0.25, 0.3) is 5.56 Å². The van der Waals surface area contributed by atoms with E-state index in [0.29, 0.717) is 21.3 Å². The maximum absolute atomic E-state index is 12.5. The lowest BCUT2D eigenvalue weighted by Gasteiger charge is -2.07. The number of aromatic hydroxyl groups is 1. The molecule has 20 heavy (non-hydrogen) atoms. The van der Waals surface area contributed by atoms with E-state index in [1.165, 1.54) is 4.52 Å². The number of hydrogen-bond donors (Lipinski definition) is 1. The lowest BCUT2D eigenvalue weighted by Crippen LogP contribution is -2.21. The van der Waals surface area contributed by atoms with Gasteiger partial charge in [-0.05, 0) is 23.8 Å². The van der Waals surface area contributed by atoms with E-state index in [2.05, 4.69) is 4.98 Å². The second kappa shape index (κ2) is 4.54. The molecule has 0 atom stereocenters. The Morgan fingerprint density at radius 1 is 1.20 bits per heavy atom. The largest absolute Gasteiger partial charge is 0.493 e. The highest BCUT2D eigenvalue weighted by atomic mass is 35.5. The maximum atomic E-state index is 12.5. The Morgan fingerprint density at radius 3 is 2.50 bits per heavy atom.